The molecule has 1 saturated heterocycles. The van der Waals surface area contributed by atoms with Crippen LogP contribution in [-0.2, 0) is 9.59 Å². The Balaban J connectivity index is 1.79. The summed E-state index contributed by atoms with van der Waals surface area (Å²) in [5.74, 6) is -0.152. The average Bonchev–Trinajstić information content (AvgIpc) is 2.55. The minimum Gasteiger partial charge on any atom is -0.383 e. The van der Waals surface area contributed by atoms with Gasteiger partial charge < -0.3 is 16.0 Å². The van der Waals surface area contributed by atoms with Gasteiger partial charge in [0.25, 0.3) is 0 Å². The predicted octanol–water partition coefficient (Wildman–Crippen LogP) is 1.15. The zero-order chi connectivity index (χ0) is 19.2. The molecule has 7 heteroatoms. The molecule has 1 atom stereocenters. The highest BCUT2D eigenvalue weighted by Crippen LogP contribution is 2.19. The van der Waals surface area contributed by atoms with E-state index in [1.54, 1.807) is 12.4 Å². The molecule has 2 heterocycles. The van der Waals surface area contributed by atoms with Crippen LogP contribution in [0.5, 0.6) is 0 Å². The predicted molar refractivity (Wildman–Crippen MR) is 103 cm³/mol. The number of rotatable bonds is 7. The molecule has 2 amide bonds. The lowest BCUT2D eigenvalue weighted by atomic mass is 9.94. The second-order valence-electron chi connectivity index (χ2n) is 8.01. The summed E-state index contributed by atoms with van der Waals surface area (Å²) in [5, 5.41) is 9.05. The van der Waals surface area contributed by atoms with Crippen molar-refractivity contribution in [1.29, 1.82) is 0 Å². The second kappa shape index (κ2) is 8.98. The van der Waals surface area contributed by atoms with Crippen LogP contribution in [0.1, 0.15) is 32.8 Å². The van der Waals surface area contributed by atoms with Crippen LogP contribution < -0.4 is 16.0 Å². The van der Waals surface area contributed by atoms with E-state index >= 15 is 0 Å². The number of hydrogen-bond donors (Lipinski definition) is 3. The monoisotopic (exact) mass is 361 g/mol. The molecule has 0 saturated carbocycles. The van der Waals surface area contributed by atoms with Crippen LogP contribution in [0.4, 0.5) is 5.69 Å². The number of amides is 2. The van der Waals surface area contributed by atoms with E-state index in [0.717, 1.165) is 24.3 Å². The molecule has 2 rings (SSSR count). The van der Waals surface area contributed by atoms with Gasteiger partial charge in [-0.25, -0.2) is 0 Å². The van der Waals surface area contributed by atoms with Crippen LogP contribution >= 0.6 is 0 Å². The number of pyridine rings is 1. The first-order valence-corrected chi connectivity index (χ1v) is 9.19. The number of anilines is 1. The van der Waals surface area contributed by atoms with Crippen molar-refractivity contribution in [1.82, 2.24) is 20.5 Å². The first-order chi connectivity index (χ1) is 12.3. The summed E-state index contributed by atoms with van der Waals surface area (Å²) in [5.41, 5.74) is 2.16. The van der Waals surface area contributed by atoms with E-state index in [1.165, 1.54) is 0 Å². The van der Waals surface area contributed by atoms with Gasteiger partial charge in [-0.15, -0.1) is 0 Å². The molecule has 0 unspecified atom stereocenters. The third-order valence-electron chi connectivity index (χ3n) is 4.28. The van der Waals surface area contributed by atoms with E-state index in [9.17, 15) is 9.59 Å². The molecule has 0 spiro atoms. The van der Waals surface area contributed by atoms with E-state index in [4.69, 9.17) is 0 Å². The van der Waals surface area contributed by atoms with Crippen molar-refractivity contribution in [3.63, 3.8) is 0 Å². The number of piperazine rings is 1. The van der Waals surface area contributed by atoms with E-state index in [2.05, 4.69) is 46.6 Å². The molecule has 26 heavy (non-hydrogen) atoms. The van der Waals surface area contributed by atoms with Gasteiger partial charge in [0.2, 0.25) is 11.8 Å². The fourth-order valence-corrected chi connectivity index (χ4v) is 3.10. The first kappa shape index (κ1) is 20.2. The molecule has 1 aromatic heterocycles. The molecule has 1 aliphatic rings. The molecule has 1 aromatic rings. The maximum Gasteiger partial charge on any atom is 0.237 e. The minimum absolute atomic E-state index is 0.0545. The highest BCUT2D eigenvalue weighted by molar-refractivity contribution is 5.88. The number of nitrogens with one attached hydrogen (secondary N) is 3. The van der Waals surface area contributed by atoms with Crippen molar-refractivity contribution in [2.75, 3.05) is 38.0 Å². The largest absolute Gasteiger partial charge is 0.383 e. The molecular weight excluding hydrogens is 330 g/mol. The Morgan fingerprint density at radius 3 is 2.85 bits per heavy atom. The number of carbonyl (C=O) groups excluding carboxylic acids is 2. The Hall–Kier alpha value is -2.15. The zero-order valence-corrected chi connectivity index (χ0v) is 16.3. The highest BCUT2D eigenvalue weighted by atomic mass is 16.2. The standard InChI is InChI=1S/C19H31N5O2/c1-14-12-20-6-5-15(14)21-7-8-22-17(25)11-16-18(26)23-9-10-24(16)13-19(2,3)4/h5-6,12,16H,7-11,13H2,1-4H3,(H,20,21)(H,22,25)(H,23,26)/t16-/m0/s1. The normalized spacial score (nSPS) is 18.3. The van der Waals surface area contributed by atoms with Crippen molar-refractivity contribution in [3.05, 3.63) is 24.0 Å². The summed E-state index contributed by atoms with van der Waals surface area (Å²) in [6.07, 6.45) is 3.72. The third kappa shape index (κ3) is 6.29. The van der Waals surface area contributed by atoms with Crippen molar-refractivity contribution in [2.24, 2.45) is 5.41 Å². The summed E-state index contributed by atoms with van der Waals surface area (Å²) in [6.45, 7) is 11.8. The fourth-order valence-electron chi connectivity index (χ4n) is 3.10. The molecule has 1 fully saturated rings. The van der Waals surface area contributed by atoms with Gasteiger partial charge >= 0.3 is 0 Å². The summed E-state index contributed by atoms with van der Waals surface area (Å²) in [6, 6.07) is 1.52. The fraction of sp³-hybridized carbons (Fsp3) is 0.632. The summed E-state index contributed by atoms with van der Waals surface area (Å²) in [7, 11) is 0. The number of carbonyl (C=O) groups is 2. The second-order valence-corrected chi connectivity index (χ2v) is 8.01. The quantitative estimate of drug-likeness (QED) is 0.635. The molecule has 1 aliphatic heterocycles. The molecule has 0 aromatic carbocycles. The van der Waals surface area contributed by atoms with Crippen LogP contribution in [0.15, 0.2) is 18.5 Å². The minimum atomic E-state index is -0.390. The Kier molecular flexibility index (Phi) is 6.97. The molecule has 0 aliphatic carbocycles. The van der Waals surface area contributed by atoms with Gasteiger partial charge in [-0.1, -0.05) is 20.8 Å². The lowest BCUT2D eigenvalue weighted by Gasteiger charge is -2.38. The number of hydrogen-bond acceptors (Lipinski definition) is 5. The molecule has 144 valence electrons. The van der Waals surface area contributed by atoms with Gasteiger partial charge in [0.15, 0.2) is 0 Å². The van der Waals surface area contributed by atoms with E-state index in [0.29, 0.717) is 19.6 Å². The van der Waals surface area contributed by atoms with Crippen LogP contribution in [0.3, 0.4) is 0 Å². The van der Waals surface area contributed by atoms with Gasteiger partial charge in [-0.05, 0) is 24.0 Å². The number of aromatic nitrogens is 1. The Bertz CT molecular complexity index is 627. The highest BCUT2D eigenvalue weighted by Gasteiger charge is 2.33. The maximum absolute atomic E-state index is 12.3. The van der Waals surface area contributed by atoms with Crippen LogP contribution in [0.25, 0.3) is 0 Å². The number of aryl methyl sites for hydroxylation is 1. The van der Waals surface area contributed by atoms with Crippen LogP contribution in [-0.4, -0.2) is 60.5 Å². The molecular formula is C19H31N5O2. The smallest absolute Gasteiger partial charge is 0.237 e. The van der Waals surface area contributed by atoms with Gasteiger partial charge in [0.1, 0.15) is 0 Å². The topological polar surface area (TPSA) is 86.4 Å². The first-order valence-electron chi connectivity index (χ1n) is 9.19. The maximum atomic E-state index is 12.3. The van der Waals surface area contributed by atoms with Crippen molar-refractivity contribution >= 4 is 17.5 Å². The SMILES string of the molecule is Cc1cnccc1NCCNC(=O)C[C@H]1C(=O)NCCN1CC(C)(C)C. The lowest BCUT2D eigenvalue weighted by Crippen LogP contribution is -2.58. The van der Waals surface area contributed by atoms with Gasteiger partial charge in [0.05, 0.1) is 12.5 Å². The number of nitrogens with zero attached hydrogens (tertiary/aromatic N) is 2. The lowest BCUT2D eigenvalue weighted by molar-refractivity contribution is -0.134. The van der Waals surface area contributed by atoms with E-state index < -0.39 is 6.04 Å². The summed E-state index contributed by atoms with van der Waals surface area (Å²) >= 11 is 0. The van der Waals surface area contributed by atoms with Crippen LogP contribution in [0, 0.1) is 12.3 Å². The average molecular weight is 361 g/mol. The van der Waals surface area contributed by atoms with E-state index in [-0.39, 0.29) is 23.7 Å². The summed E-state index contributed by atoms with van der Waals surface area (Å²) in [4.78, 5) is 30.7. The summed E-state index contributed by atoms with van der Waals surface area (Å²) < 4.78 is 0. The molecule has 3 N–H and O–H groups in total. The Morgan fingerprint density at radius 1 is 1.38 bits per heavy atom. The molecule has 7 nitrogen and oxygen atoms in total. The van der Waals surface area contributed by atoms with E-state index in [1.807, 2.05) is 13.0 Å². The van der Waals surface area contributed by atoms with Gasteiger partial charge in [0, 0.05) is 50.8 Å². The third-order valence-corrected chi connectivity index (χ3v) is 4.28. The molecule has 0 radical (unpaired) electrons. The Morgan fingerprint density at radius 2 is 2.15 bits per heavy atom. The Labute approximate surface area is 155 Å². The van der Waals surface area contributed by atoms with Crippen molar-refractivity contribution in [2.45, 2.75) is 40.2 Å². The molecule has 0 bridgehead atoms. The van der Waals surface area contributed by atoms with Crippen molar-refractivity contribution in [3.8, 4) is 0 Å². The van der Waals surface area contributed by atoms with Gasteiger partial charge in [-0.2, -0.15) is 0 Å². The van der Waals surface area contributed by atoms with Crippen molar-refractivity contribution < 1.29 is 9.59 Å². The van der Waals surface area contributed by atoms with Gasteiger partial charge in [-0.3, -0.25) is 19.5 Å². The zero-order valence-electron chi connectivity index (χ0n) is 16.3. The van der Waals surface area contributed by atoms with Crippen LogP contribution in [0.2, 0.25) is 0 Å².